The van der Waals surface area contributed by atoms with E-state index in [2.05, 4.69) is 18.3 Å². The highest BCUT2D eigenvalue weighted by molar-refractivity contribution is 6.35. The first-order valence-electron chi connectivity index (χ1n) is 7.37. The second-order valence-corrected chi connectivity index (χ2v) is 6.93. The minimum Gasteiger partial charge on any atom is -0.310 e. The Labute approximate surface area is 125 Å². The van der Waals surface area contributed by atoms with Crippen LogP contribution in [0.1, 0.15) is 44.2 Å². The Hall–Kier alpha value is -0.240. The summed E-state index contributed by atoms with van der Waals surface area (Å²) in [6, 6.07) is 6.33. The Morgan fingerprint density at radius 1 is 1.21 bits per heavy atom. The van der Waals surface area contributed by atoms with Crippen molar-refractivity contribution in [2.75, 3.05) is 6.54 Å². The van der Waals surface area contributed by atoms with Gasteiger partial charge < -0.3 is 5.32 Å². The molecular weight excluding hydrogens is 277 g/mol. The summed E-state index contributed by atoms with van der Waals surface area (Å²) in [5, 5.41) is 5.23. The molecule has 0 amide bonds. The van der Waals surface area contributed by atoms with Gasteiger partial charge in [-0.3, -0.25) is 0 Å². The zero-order valence-electron chi connectivity index (χ0n) is 11.3. The molecule has 3 atom stereocenters. The highest BCUT2D eigenvalue weighted by Crippen LogP contribution is 2.57. The number of fused-ring (bicyclic) bond motifs is 1. The Balaban J connectivity index is 1.80. The van der Waals surface area contributed by atoms with Crippen LogP contribution in [0, 0.1) is 17.8 Å². The first kappa shape index (κ1) is 13.7. The molecule has 2 fully saturated rings. The third kappa shape index (κ3) is 2.94. The van der Waals surface area contributed by atoms with Crippen LogP contribution >= 0.6 is 23.2 Å². The van der Waals surface area contributed by atoms with E-state index in [4.69, 9.17) is 23.2 Å². The molecule has 0 spiro atoms. The average Bonchev–Trinajstić information content (AvgIpc) is 2.99. The lowest BCUT2D eigenvalue weighted by Gasteiger charge is -2.27. The van der Waals surface area contributed by atoms with Crippen molar-refractivity contribution in [2.45, 2.75) is 38.6 Å². The average molecular weight is 298 g/mol. The fourth-order valence-corrected chi connectivity index (χ4v) is 4.14. The lowest BCUT2D eigenvalue weighted by molar-refractivity contribution is 0.342. The maximum Gasteiger partial charge on any atom is 0.0468 e. The van der Waals surface area contributed by atoms with Crippen molar-refractivity contribution in [3.05, 3.63) is 33.8 Å². The summed E-state index contributed by atoms with van der Waals surface area (Å²) in [4.78, 5) is 0. The molecule has 3 heteroatoms. The molecule has 0 radical (unpaired) electrons. The number of nitrogens with one attached hydrogen (secondary N) is 1. The Morgan fingerprint density at radius 3 is 2.58 bits per heavy atom. The predicted molar refractivity (Wildman–Crippen MR) is 81.8 cm³/mol. The van der Waals surface area contributed by atoms with Crippen LogP contribution < -0.4 is 5.32 Å². The van der Waals surface area contributed by atoms with E-state index in [-0.39, 0.29) is 0 Å². The van der Waals surface area contributed by atoms with Crippen molar-refractivity contribution < 1.29 is 0 Å². The quantitative estimate of drug-likeness (QED) is 0.799. The van der Waals surface area contributed by atoms with E-state index in [1.54, 1.807) is 0 Å². The molecule has 2 saturated carbocycles. The van der Waals surface area contributed by atoms with Crippen molar-refractivity contribution in [3.8, 4) is 0 Å². The third-order valence-electron chi connectivity index (χ3n) is 4.66. The number of benzene rings is 1. The molecule has 3 unspecified atom stereocenters. The molecule has 0 aliphatic heterocycles. The molecule has 0 aromatic heterocycles. The fourth-order valence-electron chi connectivity index (χ4n) is 3.62. The molecule has 104 valence electrons. The summed E-state index contributed by atoms with van der Waals surface area (Å²) in [6.07, 6.45) is 5.35. The maximum absolute atomic E-state index is 6.40. The molecule has 2 aliphatic rings. The highest BCUT2D eigenvalue weighted by atomic mass is 35.5. The number of rotatable bonds is 5. The van der Waals surface area contributed by atoms with Gasteiger partial charge in [-0.2, -0.15) is 0 Å². The van der Waals surface area contributed by atoms with E-state index < -0.39 is 0 Å². The lowest BCUT2D eigenvalue weighted by atomic mass is 9.89. The molecule has 0 heterocycles. The summed E-state index contributed by atoms with van der Waals surface area (Å²) in [5.74, 6) is 2.75. The molecular formula is C16H21Cl2N. The lowest BCUT2D eigenvalue weighted by Crippen LogP contribution is -2.28. The van der Waals surface area contributed by atoms with E-state index in [9.17, 15) is 0 Å². The van der Waals surface area contributed by atoms with Crippen LogP contribution in [0.15, 0.2) is 18.2 Å². The van der Waals surface area contributed by atoms with Gasteiger partial charge in [0.05, 0.1) is 0 Å². The SMILES string of the molecule is CCCNC(c1ccc(Cl)cc1Cl)C1CC2CC2C1. The van der Waals surface area contributed by atoms with Gasteiger partial charge in [0, 0.05) is 16.1 Å². The van der Waals surface area contributed by atoms with Crippen molar-refractivity contribution >= 4 is 23.2 Å². The fraction of sp³-hybridized carbons (Fsp3) is 0.625. The number of halogens is 2. The molecule has 0 saturated heterocycles. The normalized spacial score (nSPS) is 30.2. The van der Waals surface area contributed by atoms with Gasteiger partial charge in [0.2, 0.25) is 0 Å². The molecule has 1 nitrogen and oxygen atoms in total. The predicted octanol–water partition coefficient (Wildman–Crippen LogP) is 5.08. The zero-order valence-corrected chi connectivity index (χ0v) is 12.8. The monoisotopic (exact) mass is 297 g/mol. The summed E-state index contributed by atoms with van der Waals surface area (Å²) < 4.78 is 0. The third-order valence-corrected chi connectivity index (χ3v) is 5.23. The van der Waals surface area contributed by atoms with E-state index in [0.29, 0.717) is 6.04 Å². The summed E-state index contributed by atoms with van der Waals surface area (Å²) in [7, 11) is 0. The van der Waals surface area contributed by atoms with Gasteiger partial charge in [-0.05, 0) is 67.7 Å². The Kier molecular flexibility index (Phi) is 4.07. The van der Waals surface area contributed by atoms with Gasteiger partial charge in [0.1, 0.15) is 0 Å². The zero-order chi connectivity index (χ0) is 13.4. The second kappa shape index (κ2) is 5.63. The molecule has 0 bridgehead atoms. The molecule has 1 aromatic rings. The van der Waals surface area contributed by atoms with Crippen molar-refractivity contribution in [1.82, 2.24) is 5.32 Å². The van der Waals surface area contributed by atoms with Gasteiger partial charge in [-0.1, -0.05) is 36.2 Å². The summed E-state index contributed by atoms with van der Waals surface area (Å²) in [5.41, 5.74) is 1.23. The van der Waals surface area contributed by atoms with Gasteiger partial charge in [-0.25, -0.2) is 0 Å². The molecule has 2 aliphatic carbocycles. The van der Waals surface area contributed by atoms with Gasteiger partial charge >= 0.3 is 0 Å². The topological polar surface area (TPSA) is 12.0 Å². The van der Waals surface area contributed by atoms with E-state index >= 15 is 0 Å². The van der Waals surface area contributed by atoms with Gasteiger partial charge in [0.15, 0.2) is 0 Å². The van der Waals surface area contributed by atoms with Crippen LogP contribution in [0.2, 0.25) is 10.0 Å². The van der Waals surface area contributed by atoms with Crippen LogP contribution in [0.4, 0.5) is 0 Å². The molecule has 1 N–H and O–H groups in total. The van der Waals surface area contributed by atoms with E-state index in [1.807, 2.05) is 12.1 Å². The van der Waals surface area contributed by atoms with Gasteiger partial charge in [0.25, 0.3) is 0 Å². The Bertz CT molecular complexity index is 450. The largest absolute Gasteiger partial charge is 0.310 e. The standard InChI is InChI=1S/C16H21Cl2N/c1-2-5-19-16(12-7-10-6-11(10)8-12)14-4-3-13(17)9-15(14)18/h3-4,9-12,16,19H,2,5-8H2,1H3. The van der Waals surface area contributed by atoms with Crippen molar-refractivity contribution in [2.24, 2.45) is 17.8 Å². The van der Waals surface area contributed by atoms with Crippen LogP contribution in [-0.4, -0.2) is 6.54 Å². The number of hydrogen-bond donors (Lipinski definition) is 1. The smallest absolute Gasteiger partial charge is 0.0468 e. The Morgan fingerprint density at radius 2 is 1.95 bits per heavy atom. The molecule has 3 rings (SSSR count). The van der Waals surface area contributed by atoms with Crippen LogP contribution in [-0.2, 0) is 0 Å². The van der Waals surface area contributed by atoms with Crippen LogP contribution in [0.3, 0.4) is 0 Å². The van der Waals surface area contributed by atoms with Crippen molar-refractivity contribution in [3.63, 3.8) is 0 Å². The van der Waals surface area contributed by atoms with Crippen LogP contribution in [0.25, 0.3) is 0 Å². The highest BCUT2D eigenvalue weighted by Gasteiger charge is 2.48. The first-order chi connectivity index (χ1) is 9.19. The van der Waals surface area contributed by atoms with E-state index in [1.165, 1.54) is 24.8 Å². The van der Waals surface area contributed by atoms with Crippen LogP contribution in [0.5, 0.6) is 0 Å². The van der Waals surface area contributed by atoms with E-state index in [0.717, 1.165) is 40.8 Å². The first-order valence-corrected chi connectivity index (χ1v) is 8.13. The maximum atomic E-state index is 6.40. The summed E-state index contributed by atoms with van der Waals surface area (Å²) >= 11 is 12.4. The minimum absolute atomic E-state index is 0.400. The summed E-state index contributed by atoms with van der Waals surface area (Å²) in [6.45, 7) is 3.26. The van der Waals surface area contributed by atoms with Crippen molar-refractivity contribution in [1.29, 1.82) is 0 Å². The molecule has 19 heavy (non-hydrogen) atoms. The molecule has 1 aromatic carbocycles. The van der Waals surface area contributed by atoms with Gasteiger partial charge in [-0.15, -0.1) is 0 Å². The second-order valence-electron chi connectivity index (χ2n) is 6.08. The minimum atomic E-state index is 0.400. The number of hydrogen-bond acceptors (Lipinski definition) is 1.